The van der Waals surface area contributed by atoms with Gasteiger partial charge in [0.25, 0.3) is 0 Å². The zero-order valence-corrected chi connectivity index (χ0v) is 19.2. The summed E-state index contributed by atoms with van der Waals surface area (Å²) < 4.78 is 1.32. The molecule has 1 nitrogen and oxygen atoms in total. The Kier molecular flexibility index (Phi) is 19.3. The average molecular weight is 377 g/mol. The fraction of sp³-hybridized carbons (Fsp3) is 0.769. The molecule has 158 valence electrons. The van der Waals surface area contributed by atoms with E-state index in [2.05, 4.69) is 64.2 Å². The van der Waals surface area contributed by atoms with Gasteiger partial charge in [0.2, 0.25) is 0 Å². The number of hydrogen-bond acceptors (Lipinski definition) is 0. The van der Waals surface area contributed by atoms with Gasteiger partial charge in [-0.25, -0.2) is 0 Å². The average Bonchev–Trinajstić information content (AvgIpc) is 2.69. The topological polar surface area (TPSA) is 0 Å². The molecule has 0 unspecified atom stereocenters. The maximum Gasteiger partial charge on any atom is 0.0789 e. The molecule has 0 amide bonds. The molecule has 0 aliphatic carbocycles. The van der Waals surface area contributed by atoms with Crippen LogP contribution >= 0.6 is 0 Å². The van der Waals surface area contributed by atoms with E-state index in [4.69, 9.17) is 0 Å². The highest BCUT2D eigenvalue weighted by molar-refractivity contribution is 4.82. The molecular formula is C26H50N+. The van der Waals surface area contributed by atoms with E-state index in [9.17, 15) is 0 Å². The molecule has 0 rings (SSSR count). The highest BCUT2D eigenvalue weighted by Crippen LogP contribution is 2.15. The van der Waals surface area contributed by atoms with Crippen LogP contribution in [0.1, 0.15) is 105 Å². The predicted molar refractivity (Wildman–Crippen MR) is 125 cm³/mol. The Labute approximate surface area is 172 Å². The molecule has 0 aliphatic rings. The number of unbranched alkanes of at least 4 members (excludes halogenated alkanes) is 6. The van der Waals surface area contributed by atoms with E-state index < -0.39 is 0 Å². The van der Waals surface area contributed by atoms with Crippen LogP contribution in [0.15, 0.2) is 36.5 Å². The summed E-state index contributed by atoms with van der Waals surface area (Å²) in [5, 5.41) is 0. The molecule has 0 bridgehead atoms. The molecule has 0 saturated heterocycles. The van der Waals surface area contributed by atoms with Crippen LogP contribution in [0, 0.1) is 0 Å². The maximum atomic E-state index is 2.41. The van der Waals surface area contributed by atoms with Crippen molar-refractivity contribution in [1.82, 2.24) is 0 Å². The van der Waals surface area contributed by atoms with Crippen LogP contribution in [-0.2, 0) is 0 Å². The van der Waals surface area contributed by atoms with E-state index in [0.29, 0.717) is 0 Å². The molecule has 0 saturated carbocycles. The molecule has 0 radical (unpaired) electrons. The van der Waals surface area contributed by atoms with Crippen molar-refractivity contribution in [2.24, 2.45) is 0 Å². The van der Waals surface area contributed by atoms with Crippen LogP contribution in [0.3, 0.4) is 0 Å². The van der Waals surface area contributed by atoms with Crippen molar-refractivity contribution in [3.05, 3.63) is 36.5 Å². The predicted octanol–water partition coefficient (Wildman–Crippen LogP) is 8.23. The zero-order chi connectivity index (χ0) is 20.1. The quantitative estimate of drug-likeness (QED) is 0.121. The Hall–Kier alpha value is -0.820. The fourth-order valence-corrected chi connectivity index (χ4v) is 3.65. The van der Waals surface area contributed by atoms with Gasteiger partial charge in [0.15, 0.2) is 0 Å². The molecule has 0 aromatic carbocycles. The molecule has 0 fully saturated rings. The Morgan fingerprint density at radius 3 is 1.00 bits per heavy atom. The molecule has 0 spiro atoms. The highest BCUT2D eigenvalue weighted by Gasteiger charge is 2.23. The lowest BCUT2D eigenvalue weighted by molar-refractivity contribution is -0.927. The normalized spacial score (nSPS) is 12.9. The van der Waals surface area contributed by atoms with Gasteiger partial charge in [-0.05, 0) is 45.4 Å². The number of quaternary nitrogens is 1. The standard InChI is InChI=1S/C26H50N/c1-5-9-12-15-18-21-24-27(8-4,25-22-19-16-13-10-6-2)26-23-20-17-14-11-7-3/h12-17H,5-11,18-26H2,1-4H3/q+1/b15-12+,16-13+,17-14+. The molecule has 1 heteroatoms. The summed E-state index contributed by atoms with van der Waals surface area (Å²) in [6.07, 6.45) is 29.7. The highest BCUT2D eigenvalue weighted by atomic mass is 15.3. The zero-order valence-electron chi connectivity index (χ0n) is 19.2. The van der Waals surface area contributed by atoms with E-state index in [1.54, 1.807) is 0 Å². The lowest BCUT2D eigenvalue weighted by atomic mass is 10.1. The first kappa shape index (κ1) is 26.2. The first-order valence-electron chi connectivity index (χ1n) is 12.0. The van der Waals surface area contributed by atoms with E-state index in [-0.39, 0.29) is 0 Å². The van der Waals surface area contributed by atoms with Crippen molar-refractivity contribution >= 4 is 0 Å². The van der Waals surface area contributed by atoms with Crippen LogP contribution in [0.4, 0.5) is 0 Å². The van der Waals surface area contributed by atoms with Crippen molar-refractivity contribution in [3.8, 4) is 0 Å². The van der Waals surface area contributed by atoms with Gasteiger partial charge in [0, 0.05) is 19.3 Å². The Bertz CT molecular complexity index is 323. The molecule has 27 heavy (non-hydrogen) atoms. The van der Waals surface area contributed by atoms with E-state index in [1.807, 2.05) is 0 Å². The summed E-state index contributed by atoms with van der Waals surface area (Å²) in [6.45, 7) is 14.5. The summed E-state index contributed by atoms with van der Waals surface area (Å²) in [5.41, 5.74) is 0. The fourth-order valence-electron chi connectivity index (χ4n) is 3.65. The second-order valence-electron chi connectivity index (χ2n) is 8.04. The van der Waals surface area contributed by atoms with Crippen molar-refractivity contribution in [3.63, 3.8) is 0 Å². The van der Waals surface area contributed by atoms with Gasteiger partial charge in [-0.15, -0.1) is 0 Å². The van der Waals surface area contributed by atoms with Crippen molar-refractivity contribution in [2.45, 2.75) is 105 Å². The third kappa shape index (κ3) is 15.9. The number of hydrogen-bond donors (Lipinski definition) is 0. The van der Waals surface area contributed by atoms with Gasteiger partial charge in [0.05, 0.1) is 26.2 Å². The first-order valence-corrected chi connectivity index (χ1v) is 12.0. The van der Waals surface area contributed by atoms with E-state index in [1.165, 1.54) is 108 Å². The third-order valence-electron chi connectivity index (χ3n) is 5.55. The van der Waals surface area contributed by atoms with Crippen LogP contribution in [0.5, 0.6) is 0 Å². The van der Waals surface area contributed by atoms with Gasteiger partial charge in [-0.1, -0.05) is 76.5 Å². The molecule has 0 aromatic heterocycles. The lowest BCUT2D eigenvalue weighted by Gasteiger charge is -2.38. The van der Waals surface area contributed by atoms with Gasteiger partial charge >= 0.3 is 0 Å². The lowest BCUT2D eigenvalue weighted by Crippen LogP contribution is -2.49. The third-order valence-corrected chi connectivity index (χ3v) is 5.55. The van der Waals surface area contributed by atoms with Gasteiger partial charge in [0.1, 0.15) is 0 Å². The van der Waals surface area contributed by atoms with Crippen molar-refractivity contribution in [2.75, 3.05) is 26.2 Å². The second-order valence-corrected chi connectivity index (χ2v) is 8.04. The minimum Gasteiger partial charge on any atom is -0.324 e. The van der Waals surface area contributed by atoms with E-state index in [0.717, 1.165) is 0 Å². The van der Waals surface area contributed by atoms with Crippen molar-refractivity contribution < 1.29 is 4.48 Å². The summed E-state index contributed by atoms with van der Waals surface area (Å²) in [6, 6.07) is 0. The monoisotopic (exact) mass is 376 g/mol. The second kappa shape index (κ2) is 19.9. The largest absolute Gasteiger partial charge is 0.324 e. The molecule has 0 aromatic rings. The minimum absolute atomic E-state index is 1.24. The minimum atomic E-state index is 1.24. The number of nitrogens with zero attached hydrogens (tertiary/aromatic N) is 1. The van der Waals surface area contributed by atoms with Gasteiger partial charge in [-0.2, -0.15) is 0 Å². The number of rotatable bonds is 19. The molecular weight excluding hydrogens is 326 g/mol. The molecule has 0 aliphatic heterocycles. The summed E-state index contributed by atoms with van der Waals surface area (Å²) in [7, 11) is 0. The molecule has 0 heterocycles. The van der Waals surface area contributed by atoms with Crippen LogP contribution in [-0.4, -0.2) is 30.7 Å². The summed E-state index contributed by atoms with van der Waals surface area (Å²) in [4.78, 5) is 0. The molecule has 0 atom stereocenters. The van der Waals surface area contributed by atoms with Crippen LogP contribution in [0.25, 0.3) is 0 Å². The maximum absolute atomic E-state index is 2.41. The van der Waals surface area contributed by atoms with E-state index >= 15 is 0 Å². The first-order chi connectivity index (χ1) is 13.2. The van der Waals surface area contributed by atoms with Crippen LogP contribution in [0.2, 0.25) is 0 Å². The van der Waals surface area contributed by atoms with Gasteiger partial charge < -0.3 is 4.48 Å². The smallest absolute Gasteiger partial charge is 0.0789 e. The van der Waals surface area contributed by atoms with Gasteiger partial charge in [-0.3, -0.25) is 0 Å². The SMILES string of the molecule is CCC/C=C/CCC[N+](CC)(CCC/C=C/CCC)CCC/C=C/CCC. The Morgan fingerprint density at radius 2 is 0.741 bits per heavy atom. The summed E-state index contributed by atoms with van der Waals surface area (Å²) >= 11 is 0. The molecule has 0 N–H and O–H groups in total. The number of allylic oxidation sites excluding steroid dienone is 6. The Balaban J connectivity index is 4.47. The summed E-state index contributed by atoms with van der Waals surface area (Å²) in [5.74, 6) is 0. The van der Waals surface area contributed by atoms with Crippen molar-refractivity contribution in [1.29, 1.82) is 0 Å². The Morgan fingerprint density at radius 1 is 0.444 bits per heavy atom. The van der Waals surface area contributed by atoms with Crippen LogP contribution < -0.4 is 0 Å².